The molecule has 0 spiro atoms. The molecule has 4 heterocycles. The van der Waals surface area contributed by atoms with E-state index in [4.69, 9.17) is 0 Å². The normalized spacial score (nSPS) is 13.5. The van der Waals surface area contributed by atoms with Gasteiger partial charge in [-0.1, -0.05) is 23.5 Å². The van der Waals surface area contributed by atoms with Gasteiger partial charge in [0.15, 0.2) is 5.82 Å². The number of carbonyl (C=O) groups excluding carboxylic acids is 1. The Balaban J connectivity index is 1.27. The van der Waals surface area contributed by atoms with Crippen molar-refractivity contribution in [2.75, 3.05) is 5.32 Å². The van der Waals surface area contributed by atoms with E-state index in [0.717, 1.165) is 40.4 Å². The summed E-state index contributed by atoms with van der Waals surface area (Å²) in [6, 6.07) is 11.7. The molecule has 1 saturated carbocycles. The average Bonchev–Trinajstić information content (AvgIpc) is 3.17. The SMILES string of the molecule is O=C(Nc1cccc(-c2nncn2C2CC2)c1)c1cc(-c2cnc3scnn23)ccn1. The minimum Gasteiger partial charge on any atom is -0.321 e. The number of fused-ring (bicyclic) bond motifs is 1. The summed E-state index contributed by atoms with van der Waals surface area (Å²) in [5.74, 6) is 0.522. The van der Waals surface area contributed by atoms with Gasteiger partial charge in [0.25, 0.3) is 5.91 Å². The summed E-state index contributed by atoms with van der Waals surface area (Å²) in [7, 11) is 0. The van der Waals surface area contributed by atoms with Gasteiger partial charge in [0.1, 0.15) is 17.5 Å². The maximum Gasteiger partial charge on any atom is 0.274 e. The number of amides is 1. The second-order valence-electron chi connectivity index (χ2n) is 7.33. The lowest BCUT2D eigenvalue weighted by Crippen LogP contribution is -2.13. The van der Waals surface area contributed by atoms with Gasteiger partial charge in [-0.3, -0.25) is 9.78 Å². The van der Waals surface area contributed by atoms with E-state index in [1.807, 2.05) is 30.3 Å². The third-order valence-corrected chi connectivity index (χ3v) is 5.90. The van der Waals surface area contributed by atoms with Crippen molar-refractivity contribution < 1.29 is 4.79 Å². The van der Waals surface area contributed by atoms with Crippen LogP contribution in [0.2, 0.25) is 0 Å². The van der Waals surface area contributed by atoms with Crippen LogP contribution >= 0.6 is 11.3 Å². The zero-order valence-corrected chi connectivity index (χ0v) is 17.0. The number of aromatic nitrogens is 7. The Bertz CT molecular complexity index is 1410. The van der Waals surface area contributed by atoms with Gasteiger partial charge in [0, 0.05) is 29.1 Å². The molecule has 1 aliphatic carbocycles. The highest BCUT2D eigenvalue weighted by Gasteiger charge is 2.26. The molecule has 4 aromatic heterocycles. The summed E-state index contributed by atoms with van der Waals surface area (Å²) in [5.41, 5.74) is 5.27. The molecular formula is C21H16N8OS. The minimum absolute atomic E-state index is 0.290. The Morgan fingerprint density at radius 3 is 2.97 bits per heavy atom. The molecule has 6 rings (SSSR count). The fourth-order valence-corrected chi connectivity index (χ4v) is 4.14. The zero-order valence-electron chi connectivity index (χ0n) is 16.2. The number of anilines is 1. The molecule has 1 aliphatic rings. The fraction of sp³-hybridized carbons (Fsp3) is 0.143. The van der Waals surface area contributed by atoms with Gasteiger partial charge >= 0.3 is 0 Å². The predicted octanol–water partition coefficient (Wildman–Crippen LogP) is 3.70. The highest BCUT2D eigenvalue weighted by molar-refractivity contribution is 7.14. The molecule has 1 fully saturated rings. The number of hydrogen-bond donors (Lipinski definition) is 1. The Hall–Kier alpha value is -3.92. The zero-order chi connectivity index (χ0) is 20.8. The molecule has 0 radical (unpaired) electrons. The Kier molecular flexibility index (Phi) is 4.10. The largest absolute Gasteiger partial charge is 0.321 e. The van der Waals surface area contributed by atoms with E-state index >= 15 is 0 Å². The first-order valence-corrected chi connectivity index (χ1v) is 10.7. The topological polar surface area (TPSA) is 103 Å². The average molecular weight is 428 g/mol. The first-order chi connectivity index (χ1) is 15.3. The summed E-state index contributed by atoms with van der Waals surface area (Å²) in [6.07, 6.45) is 7.42. The van der Waals surface area contributed by atoms with Crippen LogP contribution in [0.4, 0.5) is 5.69 Å². The van der Waals surface area contributed by atoms with E-state index in [9.17, 15) is 4.79 Å². The standard InChI is InChI=1S/C21H16N8OS/c30-20(17-9-13(6-7-22-17)18-10-23-21-29(18)25-12-31-21)26-15-3-1-2-14(8-15)19-27-24-11-28(19)16-4-5-16/h1-3,6-12,16H,4-5H2,(H,26,30). The maximum absolute atomic E-state index is 12.9. The van der Waals surface area contributed by atoms with Crippen molar-refractivity contribution in [2.24, 2.45) is 0 Å². The van der Waals surface area contributed by atoms with Crippen LogP contribution in [0.5, 0.6) is 0 Å². The van der Waals surface area contributed by atoms with E-state index in [1.54, 1.807) is 34.8 Å². The van der Waals surface area contributed by atoms with Gasteiger partial charge in [0.05, 0.1) is 11.9 Å². The molecule has 1 N–H and O–H groups in total. The van der Waals surface area contributed by atoms with Crippen LogP contribution < -0.4 is 5.32 Å². The van der Waals surface area contributed by atoms with Crippen LogP contribution in [0.1, 0.15) is 29.4 Å². The molecule has 31 heavy (non-hydrogen) atoms. The number of rotatable bonds is 5. The highest BCUT2D eigenvalue weighted by atomic mass is 32.1. The molecule has 0 unspecified atom stereocenters. The molecule has 0 atom stereocenters. The first-order valence-electron chi connectivity index (χ1n) is 9.81. The second kappa shape index (κ2) is 7.10. The quantitative estimate of drug-likeness (QED) is 0.458. The van der Waals surface area contributed by atoms with Crippen molar-refractivity contribution in [3.8, 4) is 22.6 Å². The maximum atomic E-state index is 12.9. The van der Waals surface area contributed by atoms with Crippen molar-refractivity contribution in [1.82, 2.24) is 34.3 Å². The summed E-state index contributed by atoms with van der Waals surface area (Å²) in [4.78, 5) is 22.3. The molecule has 10 heteroatoms. The Morgan fingerprint density at radius 1 is 1.13 bits per heavy atom. The van der Waals surface area contributed by atoms with Gasteiger partial charge in [0.2, 0.25) is 4.96 Å². The third-order valence-electron chi connectivity index (χ3n) is 5.21. The third kappa shape index (κ3) is 3.26. The van der Waals surface area contributed by atoms with Gasteiger partial charge in [-0.2, -0.15) is 5.10 Å². The van der Waals surface area contributed by atoms with Crippen molar-refractivity contribution >= 4 is 27.9 Å². The van der Waals surface area contributed by atoms with Crippen LogP contribution in [0.25, 0.3) is 27.6 Å². The monoisotopic (exact) mass is 428 g/mol. The number of carbonyl (C=O) groups is 1. The lowest BCUT2D eigenvalue weighted by molar-refractivity contribution is 0.102. The van der Waals surface area contributed by atoms with Crippen LogP contribution in [0, 0.1) is 0 Å². The smallest absolute Gasteiger partial charge is 0.274 e. The molecule has 1 amide bonds. The minimum atomic E-state index is -0.290. The first kappa shape index (κ1) is 17.9. The summed E-state index contributed by atoms with van der Waals surface area (Å²) in [6.45, 7) is 0. The van der Waals surface area contributed by atoms with E-state index in [-0.39, 0.29) is 5.91 Å². The lowest BCUT2D eigenvalue weighted by Gasteiger charge is -2.09. The van der Waals surface area contributed by atoms with Crippen molar-refractivity contribution in [3.05, 3.63) is 66.3 Å². The van der Waals surface area contributed by atoms with Crippen molar-refractivity contribution in [1.29, 1.82) is 0 Å². The number of nitrogens with zero attached hydrogens (tertiary/aromatic N) is 7. The molecule has 1 aromatic carbocycles. The number of pyridine rings is 1. The summed E-state index contributed by atoms with van der Waals surface area (Å²) < 4.78 is 3.85. The fourth-order valence-electron chi connectivity index (χ4n) is 3.55. The Labute approximate surface area is 180 Å². The van der Waals surface area contributed by atoms with Crippen LogP contribution in [0.15, 0.2) is 60.6 Å². The molecule has 0 saturated heterocycles. The summed E-state index contributed by atoms with van der Waals surface area (Å²) >= 11 is 1.46. The van der Waals surface area contributed by atoms with E-state index in [0.29, 0.717) is 17.4 Å². The molecule has 9 nitrogen and oxygen atoms in total. The second-order valence-corrected chi connectivity index (χ2v) is 8.15. The van der Waals surface area contributed by atoms with Crippen molar-refractivity contribution in [2.45, 2.75) is 18.9 Å². The summed E-state index contributed by atoms with van der Waals surface area (Å²) in [5, 5.41) is 15.5. The number of nitrogens with one attached hydrogen (secondary N) is 1. The molecule has 5 aromatic rings. The van der Waals surface area contributed by atoms with Crippen LogP contribution in [-0.4, -0.2) is 40.3 Å². The Morgan fingerprint density at radius 2 is 2.06 bits per heavy atom. The van der Waals surface area contributed by atoms with E-state index in [1.165, 1.54) is 11.3 Å². The predicted molar refractivity (Wildman–Crippen MR) is 116 cm³/mol. The highest BCUT2D eigenvalue weighted by Crippen LogP contribution is 2.37. The van der Waals surface area contributed by atoms with Crippen molar-refractivity contribution in [3.63, 3.8) is 0 Å². The van der Waals surface area contributed by atoms with E-state index in [2.05, 4.69) is 35.1 Å². The van der Waals surface area contributed by atoms with Crippen LogP contribution in [0.3, 0.4) is 0 Å². The number of benzene rings is 1. The molecule has 152 valence electrons. The number of hydrogen-bond acceptors (Lipinski definition) is 7. The van der Waals surface area contributed by atoms with Gasteiger partial charge in [-0.15, -0.1) is 10.2 Å². The lowest BCUT2D eigenvalue weighted by atomic mass is 10.1. The molecular weight excluding hydrogens is 412 g/mol. The van der Waals surface area contributed by atoms with Gasteiger partial charge < -0.3 is 9.88 Å². The van der Waals surface area contributed by atoms with E-state index < -0.39 is 0 Å². The molecule has 0 bridgehead atoms. The number of imidazole rings is 1. The van der Waals surface area contributed by atoms with Crippen LogP contribution in [-0.2, 0) is 0 Å². The van der Waals surface area contributed by atoms with Gasteiger partial charge in [-0.05, 0) is 37.1 Å². The molecule has 0 aliphatic heterocycles. The van der Waals surface area contributed by atoms with Gasteiger partial charge in [-0.25, -0.2) is 9.50 Å².